The number of ketones is 1. The van der Waals surface area contributed by atoms with Crippen molar-refractivity contribution in [2.24, 2.45) is 5.92 Å². The lowest BCUT2D eigenvalue weighted by Gasteiger charge is -2.21. The Labute approximate surface area is 134 Å². The van der Waals surface area contributed by atoms with Crippen molar-refractivity contribution in [3.05, 3.63) is 5.53 Å². The molecule has 0 rings (SSSR count). The predicted molar refractivity (Wildman–Crippen MR) is 88.4 cm³/mol. The number of carbonyl (C=O) groups is 2. The maximum Gasteiger partial charge on any atom is 0.323 e. The Morgan fingerprint density at radius 3 is 2.24 bits per heavy atom. The van der Waals surface area contributed by atoms with Crippen molar-refractivity contribution in [2.75, 3.05) is 5.75 Å². The summed E-state index contributed by atoms with van der Waals surface area (Å²) in [5, 5.41) is 0. The van der Waals surface area contributed by atoms with E-state index >= 15 is 0 Å². The molecular weight excluding hydrogens is 308 g/mol. The lowest BCUT2D eigenvalue weighted by atomic mass is 10.0. The Hall–Kier alpha value is -0.780. The number of rotatable bonds is 7. The maximum absolute atomic E-state index is 11.9. The number of carbonyl (C=O) groups excluding carboxylic acids is 2. The lowest BCUT2D eigenvalue weighted by molar-refractivity contribution is -0.156. The minimum Gasteiger partial charge on any atom is -0.460 e. The SMILES string of the molecule is CC(C)(C)OC(=O)C[C@@H](CSSC(C)(C)C)C(=O)C=[N+]=[N-]. The average Bonchev–Trinajstić information content (AvgIpc) is 2.23. The van der Waals surface area contributed by atoms with Crippen LogP contribution in [0.15, 0.2) is 0 Å². The van der Waals surface area contributed by atoms with E-state index in [1.807, 2.05) is 0 Å². The smallest absolute Gasteiger partial charge is 0.323 e. The van der Waals surface area contributed by atoms with E-state index in [9.17, 15) is 9.59 Å². The highest BCUT2D eigenvalue weighted by Crippen LogP contribution is 2.36. The molecule has 0 heterocycles. The number of ether oxygens (including phenoxy) is 1. The molecule has 5 nitrogen and oxygen atoms in total. The van der Waals surface area contributed by atoms with Crippen LogP contribution in [0.25, 0.3) is 5.53 Å². The Kier molecular flexibility index (Phi) is 8.29. The number of hydrogen-bond acceptors (Lipinski definition) is 5. The summed E-state index contributed by atoms with van der Waals surface area (Å²) in [5.41, 5.74) is 7.90. The minimum absolute atomic E-state index is 0.0141. The minimum atomic E-state index is -0.580. The molecule has 0 aliphatic heterocycles. The molecule has 0 saturated carbocycles. The number of esters is 1. The fraction of sp³-hybridized carbons (Fsp3) is 0.786. The first-order chi connectivity index (χ1) is 9.44. The van der Waals surface area contributed by atoms with E-state index in [4.69, 9.17) is 10.3 Å². The van der Waals surface area contributed by atoms with Gasteiger partial charge in [-0.3, -0.25) is 9.59 Å². The molecule has 1 atom stereocenters. The highest BCUT2D eigenvalue weighted by Gasteiger charge is 2.27. The van der Waals surface area contributed by atoms with Gasteiger partial charge >= 0.3 is 12.2 Å². The first-order valence-electron chi connectivity index (χ1n) is 6.68. The maximum atomic E-state index is 11.9. The van der Waals surface area contributed by atoms with E-state index in [0.717, 1.165) is 6.21 Å². The molecule has 120 valence electrons. The molecular formula is C14H24N2O3S2. The summed E-state index contributed by atoms with van der Waals surface area (Å²) in [7, 11) is 3.17. The molecule has 0 bridgehead atoms. The van der Waals surface area contributed by atoms with Crippen LogP contribution in [0.2, 0.25) is 0 Å². The van der Waals surface area contributed by atoms with Gasteiger partial charge in [-0.2, -0.15) is 4.79 Å². The van der Waals surface area contributed by atoms with Crippen molar-refractivity contribution < 1.29 is 19.1 Å². The normalized spacial score (nSPS) is 13.2. The average molecular weight is 332 g/mol. The largest absolute Gasteiger partial charge is 0.460 e. The van der Waals surface area contributed by atoms with Gasteiger partial charge in [0.2, 0.25) is 5.78 Å². The highest BCUT2D eigenvalue weighted by atomic mass is 33.1. The van der Waals surface area contributed by atoms with Crippen molar-refractivity contribution in [1.82, 2.24) is 0 Å². The lowest BCUT2D eigenvalue weighted by Crippen LogP contribution is -2.28. The van der Waals surface area contributed by atoms with Crippen LogP contribution in [0.4, 0.5) is 0 Å². The van der Waals surface area contributed by atoms with Crippen molar-refractivity contribution in [3.63, 3.8) is 0 Å². The van der Waals surface area contributed by atoms with Crippen LogP contribution in [0.3, 0.4) is 0 Å². The Bertz CT molecular complexity index is 419. The molecule has 0 aliphatic rings. The van der Waals surface area contributed by atoms with Gasteiger partial charge in [0, 0.05) is 16.4 Å². The second-order valence-corrected chi connectivity index (χ2v) is 9.78. The first kappa shape index (κ1) is 20.2. The van der Waals surface area contributed by atoms with Crippen LogP contribution in [0, 0.1) is 5.92 Å². The van der Waals surface area contributed by atoms with Gasteiger partial charge in [0.15, 0.2) is 0 Å². The summed E-state index contributed by atoms with van der Waals surface area (Å²) in [6.07, 6.45) is 0.831. The molecule has 0 unspecified atom stereocenters. The molecule has 0 aliphatic carbocycles. The molecule has 0 N–H and O–H groups in total. The summed E-state index contributed by atoms with van der Waals surface area (Å²) < 4.78 is 5.29. The predicted octanol–water partition coefficient (Wildman–Crippen LogP) is 3.38. The van der Waals surface area contributed by atoms with Gasteiger partial charge in [-0.15, -0.1) is 0 Å². The second-order valence-electron chi connectivity index (χ2n) is 6.61. The molecule has 0 amide bonds. The zero-order valence-corrected chi connectivity index (χ0v) is 15.1. The summed E-state index contributed by atoms with van der Waals surface area (Å²) >= 11 is 0. The van der Waals surface area contributed by atoms with Crippen LogP contribution in [-0.4, -0.2) is 38.9 Å². The van der Waals surface area contributed by atoms with Crippen molar-refractivity contribution in [1.29, 1.82) is 0 Å². The summed E-state index contributed by atoms with van der Waals surface area (Å²) in [4.78, 5) is 26.5. The van der Waals surface area contributed by atoms with E-state index in [2.05, 4.69) is 25.6 Å². The van der Waals surface area contributed by atoms with Crippen molar-refractivity contribution in [3.8, 4) is 0 Å². The van der Waals surface area contributed by atoms with E-state index in [1.165, 1.54) is 10.8 Å². The number of Topliss-reactive ketones (excluding diaryl/α,β-unsaturated/α-hetero) is 1. The zero-order valence-electron chi connectivity index (χ0n) is 13.5. The van der Waals surface area contributed by atoms with Gasteiger partial charge in [0.05, 0.1) is 6.42 Å². The van der Waals surface area contributed by atoms with E-state index in [0.29, 0.717) is 5.75 Å². The molecule has 0 aromatic rings. The summed E-state index contributed by atoms with van der Waals surface area (Å²) in [6.45, 7) is 11.6. The highest BCUT2D eigenvalue weighted by molar-refractivity contribution is 8.77. The van der Waals surface area contributed by atoms with Crippen molar-refractivity contribution in [2.45, 2.75) is 58.3 Å². The van der Waals surface area contributed by atoms with E-state index in [-0.39, 0.29) is 17.0 Å². The molecule has 0 spiro atoms. The molecule has 0 fully saturated rings. The second kappa shape index (κ2) is 8.61. The summed E-state index contributed by atoms with van der Waals surface area (Å²) in [5.74, 6) is -0.874. The van der Waals surface area contributed by atoms with Crippen LogP contribution in [0.1, 0.15) is 48.0 Å². The van der Waals surface area contributed by atoms with Gasteiger partial charge < -0.3 is 10.3 Å². The van der Waals surface area contributed by atoms with Gasteiger partial charge in [-0.1, -0.05) is 42.4 Å². The van der Waals surface area contributed by atoms with E-state index < -0.39 is 17.5 Å². The van der Waals surface area contributed by atoms with Crippen LogP contribution in [-0.2, 0) is 14.3 Å². The number of nitrogens with zero attached hydrogens (tertiary/aromatic N) is 2. The van der Waals surface area contributed by atoms with Crippen LogP contribution < -0.4 is 0 Å². The van der Waals surface area contributed by atoms with Gasteiger partial charge in [-0.05, 0) is 20.8 Å². The number of hydrogen-bond donors (Lipinski definition) is 0. The Morgan fingerprint density at radius 1 is 1.24 bits per heavy atom. The summed E-state index contributed by atoms with van der Waals surface area (Å²) in [6, 6.07) is 0. The standard InChI is InChI=1S/C14H24N2O3S2/c1-13(2,3)19-12(18)7-10(11(17)8-16-15)9-20-21-14(4,5)6/h8,10H,7,9H2,1-6H3/t10-/m0/s1. The fourth-order valence-electron chi connectivity index (χ4n) is 1.28. The van der Waals surface area contributed by atoms with Gasteiger partial charge in [0.1, 0.15) is 5.60 Å². The zero-order chi connectivity index (χ0) is 16.7. The fourth-order valence-corrected chi connectivity index (χ4v) is 3.91. The topological polar surface area (TPSA) is 79.8 Å². The third-order valence-electron chi connectivity index (χ3n) is 2.00. The monoisotopic (exact) mass is 332 g/mol. The van der Waals surface area contributed by atoms with Gasteiger partial charge in [-0.25, -0.2) is 0 Å². The molecule has 0 radical (unpaired) electrons. The Balaban J connectivity index is 4.64. The Morgan fingerprint density at radius 2 is 1.81 bits per heavy atom. The first-order valence-corrected chi connectivity index (χ1v) is 9.00. The van der Waals surface area contributed by atoms with Crippen molar-refractivity contribution >= 4 is 39.6 Å². The van der Waals surface area contributed by atoms with E-state index in [1.54, 1.807) is 31.6 Å². The molecule has 0 aromatic carbocycles. The quantitative estimate of drug-likeness (QED) is 0.235. The van der Waals surface area contributed by atoms with Crippen LogP contribution in [0.5, 0.6) is 0 Å². The molecule has 0 aromatic heterocycles. The molecule has 7 heteroatoms. The molecule has 21 heavy (non-hydrogen) atoms. The molecule has 0 saturated heterocycles. The third kappa shape index (κ3) is 11.5. The third-order valence-corrected chi connectivity index (χ3v) is 5.42. The van der Waals surface area contributed by atoms with Crippen LogP contribution >= 0.6 is 21.6 Å². The van der Waals surface area contributed by atoms with Gasteiger partial charge in [0.25, 0.3) is 0 Å².